The number of hydrogen-bond acceptors (Lipinski definition) is 1. The van der Waals surface area contributed by atoms with Crippen molar-refractivity contribution in [3.05, 3.63) is 212 Å². The Hall–Kier alpha value is -8.41. The maximum absolute atomic E-state index is 5.36. The molecule has 1 aliphatic rings. The Morgan fingerprint density at radius 1 is 0.400 bits per heavy atom. The fraction of sp³-hybridized carbons (Fsp3) is 0.0500. The number of nitrogens with zero attached hydrogens (tertiary/aromatic N) is 5. The summed E-state index contributed by atoms with van der Waals surface area (Å²) in [5.41, 5.74) is 15.2. The number of hydrogen-bond donors (Lipinski definition) is 0. The fourth-order valence-electron chi connectivity index (χ4n) is 11.2. The Morgan fingerprint density at radius 2 is 0.923 bits per heavy atom. The van der Waals surface area contributed by atoms with Crippen molar-refractivity contribution < 1.29 is 0 Å². The van der Waals surface area contributed by atoms with E-state index in [9.17, 15) is 0 Å². The van der Waals surface area contributed by atoms with Crippen molar-refractivity contribution >= 4 is 98.6 Å². The predicted molar refractivity (Wildman–Crippen MR) is 273 cm³/mol. The van der Waals surface area contributed by atoms with Crippen LogP contribution in [0.4, 0.5) is 0 Å². The molecule has 0 aliphatic heterocycles. The lowest BCUT2D eigenvalue weighted by atomic mass is 9.96. The van der Waals surface area contributed by atoms with Gasteiger partial charge in [0.1, 0.15) is 5.82 Å². The van der Waals surface area contributed by atoms with E-state index >= 15 is 0 Å². The van der Waals surface area contributed by atoms with Gasteiger partial charge < -0.3 is 13.7 Å². The Balaban J connectivity index is 1.06. The van der Waals surface area contributed by atoms with Crippen LogP contribution in [0.25, 0.3) is 121 Å². The van der Waals surface area contributed by atoms with E-state index in [4.69, 9.17) is 4.98 Å². The van der Waals surface area contributed by atoms with Crippen molar-refractivity contribution in [2.45, 2.75) is 13.3 Å². The molecule has 5 aromatic heterocycles. The topological polar surface area (TPSA) is 32.6 Å². The molecule has 0 amide bonds. The zero-order valence-electron chi connectivity index (χ0n) is 35.7. The molecular weight excluding hydrogens is 791 g/mol. The third-order valence-electron chi connectivity index (χ3n) is 14.0. The largest absolute Gasteiger partial charge is 0.313 e. The van der Waals surface area contributed by atoms with Crippen molar-refractivity contribution in [2.24, 2.45) is 5.92 Å². The molecule has 0 bridgehead atoms. The molecule has 0 spiro atoms. The molecule has 1 aliphatic carbocycles. The van der Waals surface area contributed by atoms with E-state index < -0.39 is 0 Å². The van der Waals surface area contributed by atoms with Gasteiger partial charge in [0.15, 0.2) is 0 Å². The minimum Gasteiger partial charge on any atom is -0.313 e. The van der Waals surface area contributed by atoms with Crippen molar-refractivity contribution in [3.63, 3.8) is 0 Å². The molecule has 0 N–H and O–H groups in total. The number of allylic oxidation sites excluding steroid dienone is 4. The number of fused-ring (bicyclic) bond motifs is 14. The van der Waals surface area contributed by atoms with Gasteiger partial charge >= 0.3 is 0 Å². The van der Waals surface area contributed by atoms with Crippen LogP contribution >= 0.6 is 0 Å². The molecule has 5 nitrogen and oxygen atoms in total. The van der Waals surface area contributed by atoms with Crippen LogP contribution in [0.3, 0.4) is 0 Å². The first kappa shape index (κ1) is 36.1. The average Bonchev–Trinajstić information content (AvgIpc) is 4.10. The van der Waals surface area contributed by atoms with Crippen LogP contribution in [0, 0.1) is 5.92 Å². The summed E-state index contributed by atoms with van der Waals surface area (Å²) in [5, 5.41) is 9.90. The van der Waals surface area contributed by atoms with Crippen LogP contribution in [0.15, 0.2) is 212 Å². The Kier molecular flexibility index (Phi) is 7.66. The normalized spacial score (nSPS) is 14.5. The quantitative estimate of drug-likeness (QED) is 0.170. The number of rotatable bonds is 5. The highest BCUT2D eigenvalue weighted by Gasteiger charge is 2.27. The van der Waals surface area contributed by atoms with E-state index in [0.29, 0.717) is 0 Å². The molecule has 0 radical (unpaired) electrons. The molecule has 5 heterocycles. The van der Waals surface area contributed by atoms with Crippen molar-refractivity contribution in [3.8, 4) is 22.8 Å². The minimum atomic E-state index is 0.257. The van der Waals surface area contributed by atoms with Gasteiger partial charge in [0.2, 0.25) is 0 Å². The molecule has 5 heteroatoms. The highest BCUT2D eigenvalue weighted by Crippen LogP contribution is 2.46. The molecular formula is C60H41N5. The molecule has 0 fully saturated rings. The highest BCUT2D eigenvalue weighted by molar-refractivity contribution is 6.27. The second kappa shape index (κ2) is 13.8. The first-order valence-electron chi connectivity index (χ1n) is 22.6. The van der Waals surface area contributed by atoms with Gasteiger partial charge in [0, 0.05) is 71.7 Å². The minimum absolute atomic E-state index is 0.257. The number of pyridine rings is 1. The van der Waals surface area contributed by atoms with Gasteiger partial charge in [-0.15, -0.1) is 0 Å². The predicted octanol–water partition coefficient (Wildman–Crippen LogP) is 15.6. The summed E-state index contributed by atoms with van der Waals surface area (Å²) in [5.74, 6) is 1.16. The van der Waals surface area contributed by atoms with Crippen molar-refractivity contribution in [1.82, 2.24) is 23.3 Å². The van der Waals surface area contributed by atoms with Crippen LogP contribution in [0.1, 0.15) is 13.3 Å². The Bertz CT molecular complexity index is 4150. The SMILES string of the molecule is CC1CC=C(n2c3ccccc3c3ccc4c5ccccc5n(-c5ccccc5)c4c32)C=C1n1c2ccccc2c2c1ccc1c3ccccc3n(-c3cccc(-c4ccccc4)n3)c12. The van der Waals surface area contributed by atoms with Gasteiger partial charge in [-0.3, -0.25) is 4.57 Å². The Labute approximate surface area is 374 Å². The van der Waals surface area contributed by atoms with Gasteiger partial charge in [0.05, 0.1) is 49.8 Å². The molecule has 13 aromatic rings. The maximum Gasteiger partial charge on any atom is 0.138 e. The monoisotopic (exact) mass is 831 g/mol. The van der Waals surface area contributed by atoms with E-state index in [1.165, 1.54) is 93.1 Å². The zero-order valence-corrected chi connectivity index (χ0v) is 35.7. The first-order chi connectivity index (χ1) is 32.2. The van der Waals surface area contributed by atoms with Crippen LogP contribution in [-0.4, -0.2) is 23.3 Å². The van der Waals surface area contributed by atoms with Crippen LogP contribution in [0.5, 0.6) is 0 Å². The summed E-state index contributed by atoms with van der Waals surface area (Å²) in [6.45, 7) is 2.38. The summed E-state index contributed by atoms with van der Waals surface area (Å²) >= 11 is 0. The van der Waals surface area contributed by atoms with Gasteiger partial charge in [-0.25, -0.2) is 4.98 Å². The molecule has 306 valence electrons. The maximum atomic E-state index is 5.36. The summed E-state index contributed by atoms with van der Waals surface area (Å²) in [6, 6.07) is 72.6. The van der Waals surface area contributed by atoms with E-state index in [2.05, 4.69) is 238 Å². The number of benzene rings is 8. The average molecular weight is 832 g/mol. The summed E-state index contributed by atoms with van der Waals surface area (Å²) in [7, 11) is 0. The number of para-hydroxylation sites is 5. The molecule has 1 unspecified atom stereocenters. The van der Waals surface area contributed by atoms with Crippen LogP contribution in [0.2, 0.25) is 0 Å². The molecule has 0 saturated carbocycles. The summed E-state index contributed by atoms with van der Waals surface area (Å²) < 4.78 is 9.98. The lowest BCUT2D eigenvalue weighted by Crippen LogP contribution is -2.11. The molecule has 1 atom stereocenters. The van der Waals surface area contributed by atoms with Crippen molar-refractivity contribution in [2.75, 3.05) is 0 Å². The van der Waals surface area contributed by atoms with Crippen LogP contribution < -0.4 is 0 Å². The lowest BCUT2D eigenvalue weighted by molar-refractivity contribution is 0.724. The molecule has 0 saturated heterocycles. The van der Waals surface area contributed by atoms with Crippen LogP contribution in [-0.2, 0) is 0 Å². The van der Waals surface area contributed by atoms with Gasteiger partial charge in [-0.1, -0.05) is 159 Å². The Morgan fingerprint density at radius 3 is 1.60 bits per heavy atom. The molecule has 65 heavy (non-hydrogen) atoms. The zero-order chi connectivity index (χ0) is 42.8. The van der Waals surface area contributed by atoms with E-state index in [-0.39, 0.29) is 5.92 Å². The first-order valence-corrected chi connectivity index (χ1v) is 22.6. The van der Waals surface area contributed by atoms with Gasteiger partial charge in [-0.2, -0.15) is 0 Å². The number of aromatic nitrogens is 5. The van der Waals surface area contributed by atoms with Gasteiger partial charge in [0.25, 0.3) is 0 Å². The molecule has 8 aromatic carbocycles. The fourth-order valence-corrected chi connectivity index (χ4v) is 11.2. The van der Waals surface area contributed by atoms with E-state index in [0.717, 1.165) is 34.7 Å². The van der Waals surface area contributed by atoms with Gasteiger partial charge in [-0.05, 0) is 67.1 Å². The summed E-state index contributed by atoms with van der Waals surface area (Å²) in [6.07, 6.45) is 5.84. The third-order valence-corrected chi connectivity index (χ3v) is 14.0. The third kappa shape index (κ3) is 5.12. The van der Waals surface area contributed by atoms with Crippen molar-refractivity contribution in [1.29, 1.82) is 0 Å². The second-order valence-corrected chi connectivity index (χ2v) is 17.5. The smallest absolute Gasteiger partial charge is 0.138 e. The van der Waals surface area contributed by atoms with E-state index in [1.807, 2.05) is 0 Å². The lowest BCUT2D eigenvalue weighted by Gasteiger charge is -2.25. The molecule has 14 rings (SSSR count). The second-order valence-electron chi connectivity index (χ2n) is 17.5. The standard InChI is InChI=1S/C60H41N5/c1-38-31-32-41(63-51-27-13-9-23-44(51)47-34-33-46-43-22-8-12-26-50(43)62(59(46)60(47)63)40-19-6-3-7-20-40)37-55(38)64-53-29-15-11-24-48(53)57-54(64)36-35-45-42-21-10-14-28-52(42)65(58(45)57)56-30-16-25-49(61-56)39-17-4-2-5-18-39/h2-30,32-38H,31H2,1H3. The highest BCUT2D eigenvalue weighted by atomic mass is 15.1. The van der Waals surface area contributed by atoms with E-state index in [1.54, 1.807) is 0 Å². The summed E-state index contributed by atoms with van der Waals surface area (Å²) in [4.78, 5) is 5.36.